The third kappa shape index (κ3) is 27.1. The van der Waals surface area contributed by atoms with Crippen molar-refractivity contribution < 1.29 is 62.2 Å². The number of rotatable bonds is 32. The number of carbonyl (C=O) groups excluding carboxylic acids is 11. The lowest BCUT2D eigenvalue weighted by Gasteiger charge is -2.34. The molecule has 25 heteroatoms. The Hall–Kier alpha value is -8.77. The second-order valence-electron chi connectivity index (χ2n) is 28.3. The zero-order valence-electron chi connectivity index (χ0n) is 57.9. The summed E-state index contributed by atoms with van der Waals surface area (Å²) in [5.74, 6) is -7.15. The standard InChI is InChI=1S/C68H102N12O13/c1-39(2)34-49(71-54(82)45-26-28-47(29-27-45)79-80-48-32-30-46(31-33-48)70-53(81)43(9)69-63(91)93-64(10,11)12)55(83)75-65(13,14)59(87)72-50(35-40(3)4)56(84)76-66(15,16)60(88)73-51(36-41(5)6)57(85)77-67(17,18)61(89)74-52(37-42(7)8)58(86)78-68(19,20)62(90)92-38-44-24-22-21-23-25-44/h21-33,39-43,49-52H,34-38H2,1-20H3,(H,69,91)(H,70,81)(H,71,82)(H,72,87)(H,73,88)(H,74,89)(H,75,83)(H,76,84)(H,77,85)(H,78,86)/t43-,49-,50-,51-,52-/m0/s1. The van der Waals surface area contributed by atoms with Gasteiger partial charge < -0.3 is 62.6 Å². The molecule has 0 saturated heterocycles. The van der Waals surface area contributed by atoms with Crippen LogP contribution in [0.1, 0.15) is 180 Å². The van der Waals surface area contributed by atoms with Crippen molar-refractivity contribution in [1.29, 1.82) is 0 Å². The Morgan fingerprint density at radius 3 is 1.11 bits per heavy atom. The SMILES string of the molecule is CC(C)C[C@H](NC(=O)c1ccc(N=Nc2ccc(NC(=O)[C@H](C)NC(=O)OC(C)(C)C)cc2)cc1)C(=O)NC(C)(C)C(=O)N[C@@H](CC(C)C)C(=O)NC(C)(C)C(=O)N[C@@H](CC(C)C)C(=O)NC(C)(C)C(=O)N[C@@H](CC(C)C)C(=O)NC(C)(C)C(=O)OCc1ccccc1. The van der Waals surface area contributed by atoms with E-state index in [9.17, 15) is 52.7 Å². The summed E-state index contributed by atoms with van der Waals surface area (Å²) in [7, 11) is 0. The van der Waals surface area contributed by atoms with E-state index in [1.807, 2.05) is 73.6 Å². The van der Waals surface area contributed by atoms with Gasteiger partial charge in [-0.3, -0.25) is 43.2 Å². The zero-order chi connectivity index (χ0) is 70.6. The maximum absolute atomic E-state index is 14.2. The fourth-order valence-corrected chi connectivity index (χ4v) is 8.98. The van der Waals surface area contributed by atoms with Crippen molar-refractivity contribution >= 4 is 82.3 Å². The second-order valence-corrected chi connectivity index (χ2v) is 28.3. The number of amides is 10. The average Bonchev–Trinajstić information content (AvgIpc) is 1.01. The van der Waals surface area contributed by atoms with Crippen LogP contribution in [-0.2, 0) is 59.2 Å². The maximum atomic E-state index is 14.2. The Labute approximate surface area is 548 Å². The summed E-state index contributed by atoms with van der Waals surface area (Å²) in [6.07, 6.45) is -0.100. The van der Waals surface area contributed by atoms with Gasteiger partial charge in [0.15, 0.2) is 0 Å². The van der Waals surface area contributed by atoms with E-state index < -0.39 is 123 Å². The number of nitrogens with zero attached hydrogens (tertiary/aromatic N) is 2. The predicted octanol–water partition coefficient (Wildman–Crippen LogP) is 8.01. The van der Waals surface area contributed by atoms with Crippen LogP contribution in [0.5, 0.6) is 0 Å². The van der Waals surface area contributed by atoms with Gasteiger partial charge in [-0.1, -0.05) is 85.7 Å². The van der Waals surface area contributed by atoms with Gasteiger partial charge in [0.2, 0.25) is 47.3 Å². The molecule has 0 spiro atoms. The molecule has 25 nitrogen and oxygen atoms in total. The van der Waals surface area contributed by atoms with E-state index in [1.165, 1.54) is 74.4 Å². The Morgan fingerprint density at radius 1 is 0.409 bits per heavy atom. The molecule has 0 fully saturated rings. The first-order chi connectivity index (χ1) is 42.9. The molecule has 5 atom stereocenters. The van der Waals surface area contributed by atoms with Gasteiger partial charge in [0.25, 0.3) is 5.91 Å². The van der Waals surface area contributed by atoms with Crippen LogP contribution in [0.4, 0.5) is 21.9 Å². The van der Waals surface area contributed by atoms with Crippen LogP contribution >= 0.6 is 0 Å². The van der Waals surface area contributed by atoms with E-state index in [4.69, 9.17) is 9.47 Å². The molecule has 0 aliphatic carbocycles. The van der Waals surface area contributed by atoms with Gasteiger partial charge in [0.1, 0.15) is 64.6 Å². The summed E-state index contributed by atoms with van der Waals surface area (Å²) < 4.78 is 10.7. The van der Waals surface area contributed by atoms with Crippen molar-refractivity contribution in [2.45, 2.75) is 229 Å². The van der Waals surface area contributed by atoms with Gasteiger partial charge in [0.05, 0.1) is 11.4 Å². The highest BCUT2D eigenvalue weighted by Gasteiger charge is 2.42. The molecule has 3 aromatic carbocycles. The van der Waals surface area contributed by atoms with Crippen LogP contribution in [0.25, 0.3) is 0 Å². The number of azo groups is 1. The quantitative estimate of drug-likeness (QED) is 0.0209. The third-order valence-electron chi connectivity index (χ3n) is 14.2. The van der Waals surface area contributed by atoms with Gasteiger partial charge in [-0.25, -0.2) is 9.59 Å². The van der Waals surface area contributed by atoms with E-state index in [-0.39, 0.29) is 61.5 Å². The van der Waals surface area contributed by atoms with Gasteiger partial charge in [-0.2, -0.15) is 10.2 Å². The van der Waals surface area contributed by atoms with Crippen molar-refractivity contribution in [1.82, 2.24) is 47.9 Å². The molecule has 0 unspecified atom stereocenters. The van der Waals surface area contributed by atoms with Crippen molar-refractivity contribution in [3.8, 4) is 0 Å². The number of carbonyl (C=O) groups is 11. The lowest BCUT2D eigenvalue weighted by molar-refractivity contribution is -0.154. The van der Waals surface area contributed by atoms with E-state index >= 15 is 0 Å². The Bertz CT molecular complexity index is 3120. The van der Waals surface area contributed by atoms with Crippen LogP contribution in [0, 0.1) is 23.7 Å². The topological polar surface area (TPSA) is 351 Å². The van der Waals surface area contributed by atoms with Gasteiger partial charge in [-0.15, -0.1) is 0 Å². The molecule has 0 heterocycles. The maximum Gasteiger partial charge on any atom is 0.408 e. The molecule has 0 aliphatic heterocycles. The summed E-state index contributed by atoms with van der Waals surface area (Å²) in [4.78, 5) is 150. The molecular formula is C68H102N12O13. The van der Waals surface area contributed by atoms with Crippen molar-refractivity contribution in [2.24, 2.45) is 33.9 Å². The molecule has 512 valence electrons. The van der Waals surface area contributed by atoms with Crippen molar-refractivity contribution in [3.63, 3.8) is 0 Å². The lowest BCUT2D eigenvalue weighted by Crippen LogP contribution is -2.65. The summed E-state index contributed by atoms with van der Waals surface area (Å²) in [5.41, 5.74) is -4.86. The van der Waals surface area contributed by atoms with Crippen molar-refractivity contribution in [2.75, 3.05) is 5.32 Å². The van der Waals surface area contributed by atoms with Crippen LogP contribution in [0.15, 0.2) is 89.1 Å². The first-order valence-corrected chi connectivity index (χ1v) is 31.5. The average molecular weight is 1300 g/mol. The number of nitrogens with one attached hydrogen (secondary N) is 10. The normalized spacial score (nSPS) is 13.8. The molecular weight excluding hydrogens is 1190 g/mol. The van der Waals surface area contributed by atoms with Crippen LogP contribution < -0.4 is 53.2 Å². The molecule has 0 aromatic heterocycles. The van der Waals surface area contributed by atoms with Gasteiger partial charge in [0, 0.05) is 11.3 Å². The van der Waals surface area contributed by atoms with Crippen molar-refractivity contribution in [3.05, 3.63) is 90.0 Å². The van der Waals surface area contributed by atoms with Crippen LogP contribution in [0.3, 0.4) is 0 Å². The highest BCUT2D eigenvalue weighted by Crippen LogP contribution is 2.23. The minimum absolute atomic E-state index is 0.00945. The summed E-state index contributed by atoms with van der Waals surface area (Å²) in [6, 6.07) is 16.2. The Balaban J connectivity index is 1.67. The number of anilines is 1. The molecule has 10 N–H and O–H groups in total. The Morgan fingerprint density at radius 2 is 0.753 bits per heavy atom. The largest absolute Gasteiger partial charge is 0.459 e. The zero-order valence-corrected chi connectivity index (χ0v) is 57.9. The molecule has 0 bridgehead atoms. The fraction of sp³-hybridized carbons (Fsp3) is 0.574. The summed E-state index contributed by atoms with van der Waals surface area (Å²) >= 11 is 0. The molecule has 3 rings (SSSR count). The molecule has 0 aliphatic rings. The Kier molecular flexibility index (Phi) is 28.9. The minimum Gasteiger partial charge on any atom is -0.459 e. The number of hydrogen-bond acceptors (Lipinski definition) is 15. The van der Waals surface area contributed by atoms with E-state index in [2.05, 4.69) is 63.4 Å². The second kappa shape index (κ2) is 34.2. The minimum atomic E-state index is -1.68. The van der Waals surface area contributed by atoms with Crippen LogP contribution in [0.2, 0.25) is 0 Å². The molecule has 3 aromatic rings. The lowest BCUT2D eigenvalue weighted by atomic mass is 9.95. The summed E-state index contributed by atoms with van der Waals surface area (Å²) in [5, 5.41) is 35.6. The van der Waals surface area contributed by atoms with E-state index in [0.717, 1.165) is 5.56 Å². The predicted molar refractivity (Wildman–Crippen MR) is 355 cm³/mol. The first-order valence-electron chi connectivity index (χ1n) is 31.5. The number of hydrogen-bond donors (Lipinski definition) is 10. The number of esters is 1. The van der Waals surface area contributed by atoms with Gasteiger partial charge >= 0.3 is 12.1 Å². The number of alkyl carbamates (subject to hydrolysis) is 1. The monoisotopic (exact) mass is 1290 g/mol. The third-order valence-corrected chi connectivity index (χ3v) is 14.2. The van der Waals surface area contributed by atoms with E-state index in [1.54, 1.807) is 69.3 Å². The molecule has 10 amide bonds. The molecule has 0 radical (unpaired) electrons. The molecule has 93 heavy (non-hydrogen) atoms. The fourth-order valence-electron chi connectivity index (χ4n) is 8.98. The number of benzene rings is 3. The van der Waals surface area contributed by atoms with E-state index in [0.29, 0.717) is 17.1 Å². The highest BCUT2D eigenvalue weighted by atomic mass is 16.6. The number of ether oxygens (including phenoxy) is 2. The highest BCUT2D eigenvalue weighted by molar-refractivity contribution is 6.02. The summed E-state index contributed by atoms with van der Waals surface area (Å²) in [6.45, 7) is 33.1. The smallest absolute Gasteiger partial charge is 0.408 e. The van der Waals surface area contributed by atoms with Gasteiger partial charge in [-0.05, 0) is 187 Å². The first kappa shape index (κ1) is 78.5. The molecule has 0 saturated carbocycles. The van der Waals surface area contributed by atoms with Crippen LogP contribution in [-0.4, -0.2) is 123 Å².